The van der Waals surface area contributed by atoms with Crippen molar-refractivity contribution in [1.29, 1.82) is 5.26 Å². The highest BCUT2D eigenvalue weighted by molar-refractivity contribution is 8.03. The van der Waals surface area contributed by atoms with Gasteiger partial charge in [-0.2, -0.15) is 5.26 Å². The van der Waals surface area contributed by atoms with Gasteiger partial charge in [-0.05, 0) is 122 Å². The van der Waals surface area contributed by atoms with Gasteiger partial charge in [-0.3, -0.25) is 0 Å². The van der Waals surface area contributed by atoms with E-state index in [9.17, 15) is 5.26 Å². The van der Waals surface area contributed by atoms with Gasteiger partial charge in [-0.1, -0.05) is 117 Å². The maximum Gasteiger partial charge on any atom is 0.0991 e. The SMILES string of the molecule is CC(C)(C)c1cc2c(cc1-c1cccc3c1Sc1ccccc1C(C)(C)S3)-c1ccccc1-c1cc(C#N)ccc1-c1ccccc1-2. The first-order chi connectivity index (χ1) is 22.6. The zero-order chi connectivity index (χ0) is 32.5. The van der Waals surface area contributed by atoms with Crippen molar-refractivity contribution in [3.8, 4) is 61.7 Å². The van der Waals surface area contributed by atoms with Crippen molar-refractivity contribution in [3.05, 3.63) is 138 Å². The summed E-state index contributed by atoms with van der Waals surface area (Å²) in [7, 11) is 0. The Morgan fingerprint density at radius 3 is 1.72 bits per heavy atom. The molecule has 0 spiro atoms. The molecule has 0 saturated carbocycles. The molecule has 0 unspecified atom stereocenters. The second kappa shape index (κ2) is 11.1. The summed E-state index contributed by atoms with van der Waals surface area (Å²) >= 11 is 3.87. The lowest BCUT2D eigenvalue weighted by atomic mass is 9.75. The first-order valence-electron chi connectivity index (χ1n) is 16.2. The van der Waals surface area contributed by atoms with E-state index in [1.165, 1.54) is 64.8 Å². The van der Waals surface area contributed by atoms with Crippen LogP contribution in [-0.2, 0) is 10.2 Å². The van der Waals surface area contributed by atoms with Gasteiger partial charge >= 0.3 is 0 Å². The van der Waals surface area contributed by atoms with Crippen molar-refractivity contribution < 1.29 is 0 Å². The maximum absolute atomic E-state index is 9.89. The van der Waals surface area contributed by atoms with Gasteiger partial charge < -0.3 is 0 Å². The van der Waals surface area contributed by atoms with Gasteiger partial charge in [0.2, 0.25) is 0 Å². The lowest BCUT2D eigenvalue weighted by Crippen LogP contribution is -2.14. The van der Waals surface area contributed by atoms with Gasteiger partial charge in [-0.25, -0.2) is 0 Å². The van der Waals surface area contributed by atoms with Crippen LogP contribution in [0.4, 0.5) is 0 Å². The van der Waals surface area contributed by atoms with Crippen molar-refractivity contribution in [2.24, 2.45) is 0 Å². The molecule has 2 aliphatic rings. The Morgan fingerprint density at radius 1 is 0.532 bits per heavy atom. The molecule has 228 valence electrons. The summed E-state index contributed by atoms with van der Waals surface area (Å²) in [4.78, 5) is 3.97. The van der Waals surface area contributed by atoms with Crippen LogP contribution in [0.3, 0.4) is 0 Å². The second-order valence-electron chi connectivity index (χ2n) is 14.0. The molecule has 0 saturated heterocycles. The first kappa shape index (κ1) is 29.9. The summed E-state index contributed by atoms with van der Waals surface area (Å²) in [5, 5.41) is 9.89. The molecular formula is C44H35NS2. The number of benzene rings is 6. The minimum Gasteiger partial charge on any atom is -0.192 e. The summed E-state index contributed by atoms with van der Waals surface area (Å²) in [6.45, 7) is 11.7. The van der Waals surface area contributed by atoms with Crippen LogP contribution in [0, 0.1) is 11.3 Å². The molecular weight excluding hydrogens is 607 g/mol. The Hall–Kier alpha value is -4.49. The van der Waals surface area contributed by atoms with Crippen LogP contribution in [0.2, 0.25) is 0 Å². The molecule has 8 rings (SSSR count). The van der Waals surface area contributed by atoms with Crippen LogP contribution >= 0.6 is 23.5 Å². The normalized spacial score (nSPS) is 14.0. The molecule has 3 heteroatoms. The number of fused-ring (bicyclic) bond motifs is 10. The van der Waals surface area contributed by atoms with Gasteiger partial charge in [0.15, 0.2) is 0 Å². The van der Waals surface area contributed by atoms with Crippen LogP contribution in [0.25, 0.3) is 55.6 Å². The molecule has 47 heavy (non-hydrogen) atoms. The van der Waals surface area contributed by atoms with Gasteiger partial charge in [0.25, 0.3) is 0 Å². The Morgan fingerprint density at radius 2 is 1.06 bits per heavy atom. The molecule has 0 aromatic heterocycles. The molecule has 0 amide bonds. The number of nitriles is 1. The van der Waals surface area contributed by atoms with Crippen LogP contribution in [-0.4, -0.2) is 0 Å². The van der Waals surface area contributed by atoms with Crippen molar-refractivity contribution in [1.82, 2.24) is 0 Å². The average molecular weight is 642 g/mol. The fraction of sp³-hybridized carbons (Fsp3) is 0.159. The van der Waals surface area contributed by atoms with E-state index in [0.717, 1.165) is 16.7 Å². The molecule has 0 radical (unpaired) electrons. The number of rotatable bonds is 1. The largest absolute Gasteiger partial charge is 0.192 e. The third-order valence-corrected chi connectivity index (χ3v) is 12.2. The summed E-state index contributed by atoms with van der Waals surface area (Å²) in [6.07, 6.45) is 0. The van der Waals surface area contributed by atoms with Crippen LogP contribution in [0.1, 0.15) is 51.3 Å². The monoisotopic (exact) mass is 641 g/mol. The van der Waals surface area contributed by atoms with E-state index in [4.69, 9.17) is 0 Å². The summed E-state index contributed by atoms with van der Waals surface area (Å²) in [5.74, 6) is 0. The summed E-state index contributed by atoms with van der Waals surface area (Å²) < 4.78 is -0.0509. The lowest BCUT2D eigenvalue weighted by molar-refractivity contribution is 0.592. The third-order valence-electron chi connectivity index (χ3n) is 9.51. The minimum absolute atomic E-state index is 0.0509. The van der Waals surface area contributed by atoms with E-state index in [0.29, 0.717) is 5.56 Å². The third kappa shape index (κ3) is 4.94. The predicted molar refractivity (Wildman–Crippen MR) is 200 cm³/mol. The van der Waals surface area contributed by atoms with E-state index in [-0.39, 0.29) is 10.2 Å². The molecule has 0 N–H and O–H groups in total. The molecule has 1 nitrogen and oxygen atoms in total. The van der Waals surface area contributed by atoms with E-state index in [1.54, 1.807) is 0 Å². The topological polar surface area (TPSA) is 23.8 Å². The van der Waals surface area contributed by atoms with E-state index >= 15 is 0 Å². The zero-order valence-electron chi connectivity index (χ0n) is 27.3. The molecule has 0 fully saturated rings. The lowest BCUT2D eigenvalue weighted by Gasteiger charge is -2.29. The molecule has 6 aromatic carbocycles. The standard InChI is InChI=1S/C44H35NS2/c1-43(2,3)39-25-36-29-14-7-6-13-28(29)32-22-21-27(26-45)23-34(32)30-15-8-9-16-31(30)35(36)24-37(39)33-17-12-20-41-42(33)46-40-19-11-10-18-38(40)44(4,5)47-41/h6-25H,1-5H3. The van der Waals surface area contributed by atoms with Gasteiger partial charge in [0.05, 0.1) is 11.6 Å². The second-order valence-corrected chi connectivity index (χ2v) is 16.7. The molecule has 1 aliphatic carbocycles. The van der Waals surface area contributed by atoms with Crippen molar-refractivity contribution in [3.63, 3.8) is 0 Å². The zero-order valence-corrected chi connectivity index (χ0v) is 28.9. The number of nitrogens with zero attached hydrogens (tertiary/aromatic N) is 1. The molecule has 6 aromatic rings. The number of hydrogen-bond donors (Lipinski definition) is 0. The van der Waals surface area contributed by atoms with Gasteiger partial charge in [0, 0.05) is 19.4 Å². The molecule has 1 aliphatic heterocycles. The van der Waals surface area contributed by atoms with E-state index in [1.807, 2.05) is 29.6 Å². The summed E-state index contributed by atoms with van der Waals surface area (Å²) in [5.41, 5.74) is 15.3. The fourth-order valence-corrected chi connectivity index (χ4v) is 10.0. The Bertz CT molecular complexity index is 2280. The maximum atomic E-state index is 9.89. The predicted octanol–water partition coefficient (Wildman–Crippen LogP) is 13.0. The van der Waals surface area contributed by atoms with Crippen LogP contribution < -0.4 is 0 Å². The number of thioether (sulfide) groups is 1. The molecule has 0 atom stereocenters. The van der Waals surface area contributed by atoms with Gasteiger partial charge in [0.1, 0.15) is 0 Å². The minimum atomic E-state index is -0.108. The Labute approximate surface area is 286 Å². The number of hydrogen-bond acceptors (Lipinski definition) is 3. The van der Waals surface area contributed by atoms with Crippen molar-refractivity contribution in [2.45, 2.75) is 59.5 Å². The van der Waals surface area contributed by atoms with E-state index in [2.05, 4.69) is 156 Å². The van der Waals surface area contributed by atoms with E-state index < -0.39 is 0 Å². The van der Waals surface area contributed by atoms with Crippen molar-refractivity contribution in [2.75, 3.05) is 0 Å². The highest BCUT2D eigenvalue weighted by Gasteiger charge is 2.33. The smallest absolute Gasteiger partial charge is 0.0991 e. The Balaban J connectivity index is 1.47. The molecule has 0 bridgehead atoms. The first-order valence-corrected chi connectivity index (χ1v) is 17.8. The highest BCUT2D eigenvalue weighted by atomic mass is 32.2. The van der Waals surface area contributed by atoms with Crippen molar-refractivity contribution >= 4 is 23.5 Å². The highest BCUT2D eigenvalue weighted by Crippen LogP contribution is 2.56. The molecule has 1 heterocycles. The Kier molecular flexibility index (Phi) is 7.03. The van der Waals surface area contributed by atoms with Crippen LogP contribution in [0.5, 0.6) is 0 Å². The fourth-order valence-electron chi connectivity index (χ4n) is 7.27. The average Bonchev–Trinajstić information content (AvgIpc) is 3.19. The summed E-state index contributed by atoms with van der Waals surface area (Å²) in [6, 6.07) is 46.7. The van der Waals surface area contributed by atoms with Gasteiger partial charge in [-0.15, -0.1) is 11.8 Å². The van der Waals surface area contributed by atoms with Crippen LogP contribution in [0.15, 0.2) is 136 Å². The quantitative estimate of drug-likeness (QED) is 0.178.